The summed E-state index contributed by atoms with van der Waals surface area (Å²) in [6.07, 6.45) is 6.15. The minimum atomic E-state index is -0.00275. The molecule has 0 saturated carbocycles. The first kappa shape index (κ1) is 15.7. The Balaban J connectivity index is 1.39. The van der Waals surface area contributed by atoms with E-state index in [0.717, 1.165) is 33.0 Å². The summed E-state index contributed by atoms with van der Waals surface area (Å²) in [7, 11) is 0. The molecule has 0 aliphatic carbocycles. The zero-order chi connectivity index (χ0) is 17.1. The second-order valence-corrected chi connectivity index (χ2v) is 6.76. The molecule has 4 rings (SSSR count). The molecule has 8 heteroatoms. The topological polar surface area (TPSA) is 105 Å². The summed E-state index contributed by atoms with van der Waals surface area (Å²) in [5.74, 6) is 0. The van der Waals surface area contributed by atoms with Gasteiger partial charge < -0.3 is 11.1 Å². The minimum absolute atomic E-state index is 0.00275. The highest BCUT2D eigenvalue weighted by Crippen LogP contribution is 2.28. The van der Waals surface area contributed by atoms with Crippen LogP contribution in [0.3, 0.4) is 0 Å². The molecule has 0 unspecified atom stereocenters. The van der Waals surface area contributed by atoms with E-state index >= 15 is 0 Å². The monoisotopic (exact) mass is 351 g/mol. The first-order valence-electron chi connectivity index (χ1n) is 7.93. The minimum Gasteiger partial charge on any atom is -0.359 e. The Labute approximate surface area is 148 Å². The van der Waals surface area contributed by atoms with Gasteiger partial charge in [0.05, 0.1) is 11.7 Å². The summed E-state index contributed by atoms with van der Waals surface area (Å²) in [6, 6.07) is 10.0. The maximum Gasteiger partial charge on any atom is 0.206 e. The average molecular weight is 351 g/mol. The normalized spacial score (nSPS) is 12.4. The summed E-state index contributed by atoms with van der Waals surface area (Å²) >= 11 is 1.52. The fourth-order valence-corrected chi connectivity index (χ4v) is 3.35. The molecule has 0 aliphatic heterocycles. The fraction of sp³-hybridized carbons (Fsp3) is 0.176. The van der Waals surface area contributed by atoms with Gasteiger partial charge in [0.15, 0.2) is 0 Å². The molecule has 1 atom stereocenters. The quantitative estimate of drug-likeness (QED) is 0.493. The fourth-order valence-electron chi connectivity index (χ4n) is 2.60. The Morgan fingerprint density at radius 1 is 1.16 bits per heavy atom. The Hall–Kier alpha value is -2.84. The number of nitrogens with one attached hydrogen (secondary N) is 2. The van der Waals surface area contributed by atoms with Crippen LogP contribution < -0.4 is 11.1 Å². The van der Waals surface area contributed by atoms with Gasteiger partial charge in [-0.05, 0) is 42.3 Å². The molecular weight excluding hydrogens is 334 g/mol. The van der Waals surface area contributed by atoms with Gasteiger partial charge in [0.25, 0.3) is 0 Å². The van der Waals surface area contributed by atoms with Gasteiger partial charge in [0.1, 0.15) is 5.01 Å². The van der Waals surface area contributed by atoms with Crippen LogP contribution in [-0.4, -0.2) is 38.0 Å². The molecular formula is C17H17N7S. The lowest BCUT2D eigenvalue weighted by atomic mass is 10.1. The number of pyridine rings is 1. The Kier molecular flexibility index (Phi) is 4.36. The average Bonchev–Trinajstić information content (AvgIpc) is 3.29. The van der Waals surface area contributed by atoms with Gasteiger partial charge in [-0.2, -0.15) is 5.10 Å². The molecule has 7 nitrogen and oxygen atoms in total. The van der Waals surface area contributed by atoms with Crippen molar-refractivity contribution in [1.82, 2.24) is 25.4 Å². The van der Waals surface area contributed by atoms with E-state index in [2.05, 4.69) is 36.8 Å². The molecule has 0 aliphatic rings. The van der Waals surface area contributed by atoms with Crippen molar-refractivity contribution in [2.75, 3.05) is 11.9 Å². The zero-order valence-electron chi connectivity index (χ0n) is 13.4. The van der Waals surface area contributed by atoms with Crippen LogP contribution in [0.25, 0.3) is 21.5 Å². The third kappa shape index (κ3) is 3.65. The van der Waals surface area contributed by atoms with Crippen molar-refractivity contribution >= 4 is 27.4 Å². The highest BCUT2D eigenvalue weighted by atomic mass is 32.1. The van der Waals surface area contributed by atoms with E-state index < -0.39 is 0 Å². The van der Waals surface area contributed by atoms with E-state index in [1.807, 2.05) is 24.3 Å². The molecule has 1 aromatic carbocycles. The van der Waals surface area contributed by atoms with Gasteiger partial charge in [0.2, 0.25) is 5.13 Å². The predicted molar refractivity (Wildman–Crippen MR) is 99.4 cm³/mol. The molecule has 0 saturated heterocycles. The number of aromatic amines is 1. The number of fused-ring (bicyclic) bond motifs is 1. The van der Waals surface area contributed by atoms with Crippen molar-refractivity contribution in [3.8, 4) is 10.6 Å². The van der Waals surface area contributed by atoms with E-state index in [-0.39, 0.29) is 6.04 Å². The SMILES string of the molecule is N[C@@H](CNc1nnc(-c2ccc3[nH]ncc3c2)s1)Cc1ccncc1. The van der Waals surface area contributed by atoms with Crippen molar-refractivity contribution in [3.05, 3.63) is 54.5 Å². The molecule has 25 heavy (non-hydrogen) atoms. The largest absolute Gasteiger partial charge is 0.359 e. The molecule has 0 fully saturated rings. The standard InChI is InChI=1S/C17H17N7S/c18-14(7-11-3-5-19-6-4-11)10-20-17-24-23-16(25-17)12-1-2-15-13(8-12)9-21-22-15/h1-6,8-9,14H,7,10,18H2,(H,20,24)(H,21,22)/t14-/m1/s1. The number of anilines is 1. The van der Waals surface area contributed by atoms with Crippen LogP contribution in [-0.2, 0) is 6.42 Å². The van der Waals surface area contributed by atoms with Crippen molar-refractivity contribution in [1.29, 1.82) is 0 Å². The van der Waals surface area contributed by atoms with Crippen LogP contribution >= 0.6 is 11.3 Å². The van der Waals surface area contributed by atoms with Crippen LogP contribution in [0.2, 0.25) is 0 Å². The first-order valence-corrected chi connectivity index (χ1v) is 8.75. The third-order valence-electron chi connectivity index (χ3n) is 3.87. The summed E-state index contributed by atoms with van der Waals surface area (Å²) < 4.78 is 0. The molecule has 0 spiro atoms. The molecule has 0 amide bonds. The van der Waals surface area contributed by atoms with E-state index in [1.54, 1.807) is 18.6 Å². The first-order chi connectivity index (χ1) is 12.3. The molecule has 4 N–H and O–H groups in total. The van der Waals surface area contributed by atoms with Crippen molar-refractivity contribution < 1.29 is 0 Å². The van der Waals surface area contributed by atoms with Crippen LogP contribution in [0.5, 0.6) is 0 Å². The van der Waals surface area contributed by atoms with Crippen LogP contribution in [0.15, 0.2) is 48.9 Å². The summed E-state index contributed by atoms with van der Waals surface area (Å²) in [4.78, 5) is 4.01. The highest BCUT2D eigenvalue weighted by molar-refractivity contribution is 7.18. The Morgan fingerprint density at radius 2 is 2.04 bits per heavy atom. The molecule has 0 radical (unpaired) electrons. The molecule has 3 heterocycles. The van der Waals surface area contributed by atoms with Crippen LogP contribution in [0.1, 0.15) is 5.56 Å². The molecule has 0 bridgehead atoms. The summed E-state index contributed by atoms with van der Waals surface area (Å²) in [6.45, 7) is 0.637. The summed E-state index contributed by atoms with van der Waals surface area (Å²) in [5.41, 5.74) is 9.40. The lowest BCUT2D eigenvalue weighted by Gasteiger charge is -2.11. The van der Waals surface area contributed by atoms with Crippen molar-refractivity contribution in [3.63, 3.8) is 0 Å². The van der Waals surface area contributed by atoms with Crippen molar-refractivity contribution in [2.45, 2.75) is 12.5 Å². The Morgan fingerprint density at radius 3 is 2.92 bits per heavy atom. The predicted octanol–water partition coefficient (Wildman–Crippen LogP) is 2.46. The number of benzene rings is 1. The lowest BCUT2D eigenvalue weighted by molar-refractivity contribution is 0.697. The number of H-pyrrole nitrogens is 1. The van der Waals surface area contributed by atoms with Crippen LogP contribution in [0.4, 0.5) is 5.13 Å². The van der Waals surface area contributed by atoms with Gasteiger partial charge >= 0.3 is 0 Å². The zero-order valence-corrected chi connectivity index (χ0v) is 14.2. The number of nitrogens with zero attached hydrogens (tertiary/aromatic N) is 4. The smallest absolute Gasteiger partial charge is 0.206 e. The van der Waals surface area contributed by atoms with E-state index in [4.69, 9.17) is 5.73 Å². The van der Waals surface area contributed by atoms with Crippen LogP contribution in [0, 0.1) is 0 Å². The molecule has 4 aromatic rings. The molecule has 3 aromatic heterocycles. The number of nitrogens with two attached hydrogens (primary N) is 1. The van der Waals surface area contributed by atoms with Gasteiger partial charge in [0, 0.05) is 35.9 Å². The van der Waals surface area contributed by atoms with E-state index in [0.29, 0.717) is 6.54 Å². The number of hydrogen-bond donors (Lipinski definition) is 3. The second kappa shape index (κ2) is 6.96. The summed E-state index contributed by atoms with van der Waals surface area (Å²) in [5, 5.41) is 21.4. The maximum absolute atomic E-state index is 6.18. The van der Waals surface area contributed by atoms with Gasteiger partial charge in [-0.1, -0.05) is 11.3 Å². The lowest BCUT2D eigenvalue weighted by Crippen LogP contribution is -2.31. The third-order valence-corrected chi connectivity index (χ3v) is 4.80. The van der Waals surface area contributed by atoms with Gasteiger partial charge in [-0.3, -0.25) is 10.1 Å². The molecule has 126 valence electrons. The van der Waals surface area contributed by atoms with E-state index in [9.17, 15) is 0 Å². The number of rotatable bonds is 6. The van der Waals surface area contributed by atoms with Gasteiger partial charge in [-0.15, -0.1) is 10.2 Å². The number of hydrogen-bond acceptors (Lipinski definition) is 7. The number of aromatic nitrogens is 5. The highest BCUT2D eigenvalue weighted by Gasteiger charge is 2.10. The van der Waals surface area contributed by atoms with E-state index in [1.165, 1.54) is 16.9 Å². The second-order valence-electron chi connectivity index (χ2n) is 5.78. The van der Waals surface area contributed by atoms with Gasteiger partial charge in [-0.25, -0.2) is 0 Å². The Bertz CT molecular complexity index is 963. The van der Waals surface area contributed by atoms with Crippen molar-refractivity contribution in [2.24, 2.45) is 5.73 Å². The maximum atomic E-state index is 6.18.